The van der Waals surface area contributed by atoms with Crippen LogP contribution in [0.4, 0.5) is 4.39 Å². The van der Waals surface area contributed by atoms with Crippen LogP contribution in [-0.2, 0) is 6.54 Å². The molecule has 1 N–H and O–H groups in total. The van der Waals surface area contributed by atoms with Gasteiger partial charge in [0.25, 0.3) is 0 Å². The molecule has 1 aliphatic rings. The Morgan fingerprint density at radius 1 is 1.53 bits per heavy atom. The zero-order valence-electron chi connectivity index (χ0n) is 10.0. The van der Waals surface area contributed by atoms with E-state index in [0.717, 1.165) is 29.7 Å². The fourth-order valence-corrected chi connectivity index (χ4v) is 2.92. The van der Waals surface area contributed by atoms with Crippen LogP contribution in [0, 0.1) is 5.82 Å². The lowest BCUT2D eigenvalue weighted by molar-refractivity contribution is 0.242. The summed E-state index contributed by atoms with van der Waals surface area (Å²) < 4.78 is 13.9. The molecule has 4 heteroatoms. The van der Waals surface area contributed by atoms with E-state index in [0.29, 0.717) is 6.04 Å². The standard InChI is InChI=1S/C13H18BrFN2/c1-16-8-12-3-2-6-17(12)9-10-4-5-11(15)7-13(10)14/h4-5,7,12,16H,2-3,6,8-9H2,1H3. The molecule has 0 aromatic heterocycles. The van der Waals surface area contributed by atoms with E-state index >= 15 is 0 Å². The number of halogens is 2. The Morgan fingerprint density at radius 3 is 3.06 bits per heavy atom. The smallest absolute Gasteiger partial charge is 0.124 e. The molecule has 0 saturated carbocycles. The lowest BCUT2D eigenvalue weighted by atomic mass is 10.2. The van der Waals surface area contributed by atoms with Gasteiger partial charge in [0.1, 0.15) is 5.82 Å². The van der Waals surface area contributed by atoms with Gasteiger partial charge in [-0.15, -0.1) is 0 Å². The van der Waals surface area contributed by atoms with Gasteiger partial charge in [-0.25, -0.2) is 4.39 Å². The summed E-state index contributed by atoms with van der Waals surface area (Å²) in [5.74, 6) is -0.186. The minimum absolute atomic E-state index is 0.186. The Kier molecular flexibility index (Phi) is 4.54. The van der Waals surface area contributed by atoms with Gasteiger partial charge >= 0.3 is 0 Å². The topological polar surface area (TPSA) is 15.3 Å². The summed E-state index contributed by atoms with van der Waals surface area (Å²) >= 11 is 3.43. The first-order valence-corrected chi connectivity index (χ1v) is 6.82. The fourth-order valence-electron chi connectivity index (χ4n) is 2.44. The van der Waals surface area contributed by atoms with Gasteiger partial charge in [0.2, 0.25) is 0 Å². The molecule has 1 atom stereocenters. The van der Waals surface area contributed by atoms with Gasteiger partial charge < -0.3 is 5.32 Å². The van der Waals surface area contributed by atoms with Crippen LogP contribution < -0.4 is 5.32 Å². The minimum Gasteiger partial charge on any atom is -0.318 e. The highest BCUT2D eigenvalue weighted by Crippen LogP contribution is 2.24. The maximum atomic E-state index is 13.0. The van der Waals surface area contributed by atoms with Crippen molar-refractivity contribution in [1.82, 2.24) is 10.2 Å². The maximum Gasteiger partial charge on any atom is 0.124 e. The Hall–Kier alpha value is -0.450. The van der Waals surface area contributed by atoms with Crippen LogP contribution in [0.25, 0.3) is 0 Å². The lowest BCUT2D eigenvalue weighted by Gasteiger charge is -2.24. The molecule has 1 aromatic rings. The highest BCUT2D eigenvalue weighted by molar-refractivity contribution is 9.10. The molecule has 0 amide bonds. The molecule has 1 aliphatic heterocycles. The molecule has 0 spiro atoms. The highest BCUT2D eigenvalue weighted by Gasteiger charge is 2.24. The van der Waals surface area contributed by atoms with Gasteiger partial charge in [0, 0.05) is 23.6 Å². The third-order valence-corrected chi connectivity index (χ3v) is 4.07. The Morgan fingerprint density at radius 2 is 2.35 bits per heavy atom. The van der Waals surface area contributed by atoms with Crippen LogP contribution in [-0.4, -0.2) is 31.1 Å². The molecular formula is C13H18BrFN2. The van der Waals surface area contributed by atoms with Gasteiger partial charge in [-0.2, -0.15) is 0 Å². The molecular weight excluding hydrogens is 283 g/mol. The van der Waals surface area contributed by atoms with Crippen LogP contribution >= 0.6 is 15.9 Å². The second-order valence-electron chi connectivity index (χ2n) is 4.56. The van der Waals surface area contributed by atoms with E-state index in [9.17, 15) is 4.39 Å². The first kappa shape index (κ1) is 13.0. The number of rotatable bonds is 4. The first-order valence-electron chi connectivity index (χ1n) is 6.03. The summed E-state index contributed by atoms with van der Waals surface area (Å²) in [6.07, 6.45) is 2.50. The van der Waals surface area contributed by atoms with E-state index in [1.54, 1.807) is 6.07 Å². The van der Waals surface area contributed by atoms with Crippen LogP contribution in [0.2, 0.25) is 0 Å². The molecule has 2 nitrogen and oxygen atoms in total. The van der Waals surface area contributed by atoms with Crippen molar-refractivity contribution in [3.05, 3.63) is 34.1 Å². The summed E-state index contributed by atoms with van der Waals surface area (Å²) in [4.78, 5) is 2.47. The molecule has 0 bridgehead atoms. The van der Waals surface area contributed by atoms with Gasteiger partial charge in [0.15, 0.2) is 0 Å². The van der Waals surface area contributed by atoms with Crippen LogP contribution in [0.5, 0.6) is 0 Å². The normalized spacial score (nSPS) is 21.0. The average Bonchev–Trinajstić information content (AvgIpc) is 2.71. The van der Waals surface area contributed by atoms with Crippen LogP contribution in [0.3, 0.4) is 0 Å². The second-order valence-corrected chi connectivity index (χ2v) is 5.41. The number of nitrogens with zero attached hydrogens (tertiary/aromatic N) is 1. The molecule has 1 unspecified atom stereocenters. The van der Waals surface area contributed by atoms with Crippen molar-refractivity contribution in [2.75, 3.05) is 20.1 Å². The molecule has 1 fully saturated rings. The Balaban J connectivity index is 2.04. The van der Waals surface area contributed by atoms with E-state index in [-0.39, 0.29) is 5.82 Å². The molecule has 2 rings (SSSR count). The number of likely N-dealkylation sites (tertiary alicyclic amines) is 1. The molecule has 17 heavy (non-hydrogen) atoms. The zero-order valence-corrected chi connectivity index (χ0v) is 11.6. The van der Waals surface area contributed by atoms with Crippen LogP contribution in [0.15, 0.2) is 22.7 Å². The largest absolute Gasteiger partial charge is 0.318 e. The van der Waals surface area contributed by atoms with Crippen molar-refractivity contribution in [3.8, 4) is 0 Å². The van der Waals surface area contributed by atoms with Crippen molar-refractivity contribution in [2.24, 2.45) is 0 Å². The maximum absolute atomic E-state index is 13.0. The summed E-state index contributed by atoms with van der Waals surface area (Å²) in [6, 6.07) is 5.55. The first-order chi connectivity index (χ1) is 8.20. The third-order valence-electron chi connectivity index (χ3n) is 3.33. The van der Waals surface area contributed by atoms with E-state index in [1.165, 1.54) is 18.9 Å². The van der Waals surface area contributed by atoms with Gasteiger partial charge in [-0.1, -0.05) is 22.0 Å². The Bertz CT molecular complexity index is 384. The molecule has 1 aromatic carbocycles. The number of benzene rings is 1. The summed E-state index contributed by atoms with van der Waals surface area (Å²) in [7, 11) is 1.99. The van der Waals surface area contributed by atoms with Gasteiger partial charge in [-0.05, 0) is 44.1 Å². The van der Waals surface area contributed by atoms with Gasteiger partial charge in [0.05, 0.1) is 0 Å². The predicted molar refractivity (Wildman–Crippen MR) is 71.5 cm³/mol. The number of nitrogens with one attached hydrogen (secondary N) is 1. The molecule has 1 heterocycles. The predicted octanol–water partition coefficient (Wildman–Crippen LogP) is 2.77. The SMILES string of the molecule is CNCC1CCCN1Cc1ccc(F)cc1Br. The van der Waals surface area contributed by atoms with E-state index in [1.807, 2.05) is 13.1 Å². The van der Waals surface area contributed by atoms with E-state index in [4.69, 9.17) is 0 Å². The monoisotopic (exact) mass is 300 g/mol. The van der Waals surface area contributed by atoms with Crippen molar-refractivity contribution in [2.45, 2.75) is 25.4 Å². The van der Waals surface area contributed by atoms with Crippen molar-refractivity contribution >= 4 is 15.9 Å². The quantitative estimate of drug-likeness (QED) is 0.920. The summed E-state index contributed by atoms with van der Waals surface area (Å²) in [6.45, 7) is 3.06. The van der Waals surface area contributed by atoms with Crippen molar-refractivity contribution in [1.29, 1.82) is 0 Å². The summed E-state index contributed by atoms with van der Waals surface area (Å²) in [5, 5.41) is 3.24. The lowest BCUT2D eigenvalue weighted by Crippen LogP contribution is -2.36. The minimum atomic E-state index is -0.186. The molecule has 1 saturated heterocycles. The highest BCUT2D eigenvalue weighted by atomic mass is 79.9. The van der Waals surface area contributed by atoms with Crippen molar-refractivity contribution < 1.29 is 4.39 Å². The van der Waals surface area contributed by atoms with Crippen molar-refractivity contribution in [3.63, 3.8) is 0 Å². The zero-order chi connectivity index (χ0) is 12.3. The number of hydrogen-bond acceptors (Lipinski definition) is 2. The van der Waals surface area contributed by atoms with Gasteiger partial charge in [-0.3, -0.25) is 4.90 Å². The molecule has 0 aliphatic carbocycles. The summed E-state index contributed by atoms with van der Waals surface area (Å²) in [5.41, 5.74) is 1.16. The number of hydrogen-bond donors (Lipinski definition) is 1. The molecule has 94 valence electrons. The third kappa shape index (κ3) is 3.27. The average molecular weight is 301 g/mol. The fraction of sp³-hybridized carbons (Fsp3) is 0.538. The Labute approximate surface area is 110 Å². The van der Waals surface area contributed by atoms with Crippen LogP contribution in [0.1, 0.15) is 18.4 Å². The molecule has 0 radical (unpaired) electrons. The van der Waals surface area contributed by atoms with E-state index in [2.05, 4.69) is 26.1 Å². The van der Waals surface area contributed by atoms with E-state index < -0.39 is 0 Å². The second kappa shape index (κ2) is 5.94. The number of likely N-dealkylation sites (N-methyl/N-ethyl adjacent to an activating group) is 1.